The highest BCUT2D eigenvalue weighted by atomic mass is 15.2. The summed E-state index contributed by atoms with van der Waals surface area (Å²) in [5, 5.41) is 0. The second-order valence-electron chi connectivity index (χ2n) is 6.69. The highest BCUT2D eigenvalue weighted by Crippen LogP contribution is 2.13. The van der Waals surface area contributed by atoms with E-state index in [-0.39, 0.29) is 0 Å². The van der Waals surface area contributed by atoms with E-state index in [1.165, 1.54) is 13.0 Å². The standard InChI is InChI=1S/C15H35N3/c1-13(2)9-15(10-16)12-18(11-14(3)4)8-7-17(5)6/h13-15H,7-12,16H2,1-6H3. The van der Waals surface area contributed by atoms with Crippen LogP contribution in [0.4, 0.5) is 0 Å². The molecule has 0 bridgehead atoms. The molecule has 0 saturated heterocycles. The molecule has 1 unspecified atom stereocenters. The summed E-state index contributed by atoms with van der Waals surface area (Å²) in [6, 6.07) is 0. The molecule has 0 aromatic carbocycles. The van der Waals surface area contributed by atoms with Crippen molar-refractivity contribution in [2.75, 3.05) is 46.8 Å². The largest absolute Gasteiger partial charge is 0.330 e. The Morgan fingerprint density at radius 1 is 0.889 bits per heavy atom. The maximum atomic E-state index is 5.92. The van der Waals surface area contributed by atoms with Crippen molar-refractivity contribution in [3.8, 4) is 0 Å². The van der Waals surface area contributed by atoms with E-state index in [0.29, 0.717) is 5.92 Å². The Morgan fingerprint density at radius 3 is 1.89 bits per heavy atom. The van der Waals surface area contributed by atoms with Gasteiger partial charge in [0, 0.05) is 26.2 Å². The summed E-state index contributed by atoms with van der Waals surface area (Å²) >= 11 is 0. The van der Waals surface area contributed by atoms with E-state index in [1.807, 2.05) is 0 Å². The lowest BCUT2D eigenvalue weighted by molar-refractivity contribution is 0.181. The molecule has 3 heteroatoms. The van der Waals surface area contributed by atoms with Gasteiger partial charge in [-0.3, -0.25) is 0 Å². The second kappa shape index (κ2) is 9.76. The van der Waals surface area contributed by atoms with Crippen LogP contribution < -0.4 is 5.73 Å². The van der Waals surface area contributed by atoms with Crippen LogP contribution in [0.2, 0.25) is 0 Å². The minimum atomic E-state index is 0.644. The van der Waals surface area contributed by atoms with Crippen LogP contribution in [-0.2, 0) is 0 Å². The van der Waals surface area contributed by atoms with Crippen LogP contribution >= 0.6 is 0 Å². The molecule has 0 amide bonds. The minimum absolute atomic E-state index is 0.644. The summed E-state index contributed by atoms with van der Waals surface area (Å²) < 4.78 is 0. The van der Waals surface area contributed by atoms with Gasteiger partial charge in [-0.2, -0.15) is 0 Å². The molecule has 0 rings (SSSR count). The van der Waals surface area contributed by atoms with Crippen molar-refractivity contribution < 1.29 is 0 Å². The quantitative estimate of drug-likeness (QED) is 0.651. The first kappa shape index (κ1) is 17.9. The van der Waals surface area contributed by atoms with Gasteiger partial charge in [-0.05, 0) is 44.8 Å². The van der Waals surface area contributed by atoms with Crippen LogP contribution in [0.1, 0.15) is 34.1 Å². The smallest absolute Gasteiger partial charge is 0.0109 e. The van der Waals surface area contributed by atoms with Crippen LogP contribution in [0.3, 0.4) is 0 Å². The van der Waals surface area contributed by atoms with Crippen molar-refractivity contribution in [2.45, 2.75) is 34.1 Å². The first-order valence-corrected chi connectivity index (χ1v) is 7.42. The van der Waals surface area contributed by atoms with Gasteiger partial charge in [0.2, 0.25) is 0 Å². The van der Waals surface area contributed by atoms with E-state index >= 15 is 0 Å². The highest BCUT2D eigenvalue weighted by Gasteiger charge is 2.15. The lowest BCUT2D eigenvalue weighted by Crippen LogP contribution is -2.39. The third-order valence-electron chi connectivity index (χ3n) is 3.14. The molecule has 0 saturated carbocycles. The molecule has 0 radical (unpaired) electrons. The van der Waals surface area contributed by atoms with E-state index < -0.39 is 0 Å². The summed E-state index contributed by atoms with van der Waals surface area (Å²) in [7, 11) is 4.28. The Balaban J connectivity index is 4.25. The maximum Gasteiger partial charge on any atom is 0.0109 e. The zero-order valence-electron chi connectivity index (χ0n) is 13.4. The number of hydrogen-bond acceptors (Lipinski definition) is 3. The molecule has 0 aliphatic heterocycles. The van der Waals surface area contributed by atoms with E-state index in [0.717, 1.165) is 38.0 Å². The monoisotopic (exact) mass is 257 g/mol. The minimum Gasteiger partial charge on any atom is -0.330 e. The SMILES string of the molecule is CC(C)CC(CN)CN(CCN(C)C)CC(C)C. The molecule has 18 heavy (non-hydrogen) atoms. The fourth-order valence-corrected chi connectivity index (χ4v) is 2.39. The molecule has 0 aliphatic carbocycles. The summed E-state index contributed by atoms with van der Waals surface area (Å²) in [5.41, 5.74) is 5.92. The first-order chi connectivity index (χ1) is 8.35. The third kappa shape index (κ3) is 9.86. The molecule has 0 aromatic rings. The van der Waals surface area contributed by atoms with Crippen molar-refractivity contribution in [1.29, 1.82) is 0 Å². The molecule has 0 aliphatic rings. The Labute approximate surface area is 115 Å². The van der Waals surface area contributed by atoms with E-state index in [2.05, 4.69) is 51.6 Å². The summed E-state index contributed by atoms with van der Waals surface area (Å²) in [6.45, 7) is 14.6. The van der Waals surface area contributed by atoms with E-state index in [4.69, 9.17) is 5.73 Å². The summed E-state index contributed by atoms with van der Waals surface area (Å²) in [6.07, 6.45) is 1.24. The van der Waals surface area contributed by atoms with Gasteiger partial charge in [0.25, 0.3) is 0 Å². The van der Waals surface area contributed by atoms with Crippen molar-refractivity contribution >= 4 is 0 Å². The predicted molar refractivity (Wildman–Crippen MR) is 81.8 cm³/mol. The molecule has 0 fully saturated rings. The Kier molecular flexibility index (Phi) is 9.70. The van der Waals surface area contributed by atoms with Gasteiger partial charge in [-0.15, -0.1) is 0 Å². The Hall–Kier alpha value is -0.120. The van der Waals surface area contributed by atoms with E-state index in [9.17, 15) is 0 Å². The fraction of sp³-hybridized carbons (Fsp3) is 1.00. The zero-order valence-corrected chi connectivity index (χ0v) is 13.4. The molecule has 0 heterocycles. The molecular weight excluding hydrogens is 222 g/mol. The first-order valence-electron chi connectivity index (χ1n) is 7.42. The molecule has 2 N–H and O–H groups in total. The lowest BCUT2D eigenvalue weighted by atomic mass is 9.96. The topological polar surface area (TPSA) is 32.5 Å². The molecule has 1 atom stereocenters. The van der Waals surface area contributed by atoms with Crippen LogP contribution in [0.5, 0.6) is 0 Å². The van der Waals surface area contributed by atoms with Gasteiger partial charge in [-0.25, -0.2) is 0 Å². The van der Waals surface area contributed by atoms with Gasteiger partial charge in [0.15, 0.2) is 0 Å². The van der Waals surface area contributed by atoms with Crippen LogP contribution in [0, 0.1) is 17.8 Å². The molecule has 0 aromatic heterocycles. The molecule has 3 nitrogen and oxygen atoms in total. The third-order valence-corrected chi connectivity index (χ3v) is 3.14. The fourth-order valence-electron chi connectivity index (χ4n) is 2.39. The second-order valence-corrected chi connectivity index (χ2v) is 6.69. The van der Waals surface area contributed by atoms with Gasteiger partial charge in [-0.1, -0.05) is 27.7 Å². The Morgan fingerprint density at radius 2 is 1.50 bits per heavy atom. The van der Waals surface area contributed by atoms with Crippen LogP contribution in [0.25, 0.3) is 0 Å². The van der Waals surface area contributed by atoms with Crippen LogP contribution in [-0.4, -0.2) is 56.6 Å². The van der Waals surface area contributed by atoms with E-state index in [1.54, 1.807) is 0 Å². The Bertz CT molecular complexity index is 190. The number of rotatable bonds is 10. The van der Waals surface area contributed by atoms with Crippen molar-refractivity contribution in [3.63, 3.8) is 0 Å². The predicted octanol–water partition coefficient (Wildman–Crippen LogP) is 2.13. The zero-order chi connectivity index (χ0) is 14.1. The number of hydrogen-bond donors (Lipinski definition) is 1. The number of nitrogens with zero attached hydrogens (tertiary/aromatic N) is 2. The molecular formula is C15H35N3. The van der Waals surface area contributed by atoms with Crippen LogP contribution in [0.15, 0.2) is 0 Å². The molecule has 0 spiro atoms. The normalized spacial score (nSPS) is 14.2. The van der Waals surface area contributed by atoms with Gasteiger partial charge >= 0.3 is 0 Å². The van der Waals surface area contributed by atoms with Gasteiger partial charge in [0.1, 0.15) is 0 Å². The van der Waals surface area contributed by atoms with Crippen molar-refractivity contribution in [3.05, 3.63) is 0 Å². The van der Waals surface area contributed by atoms with Gasteiger partial charge < -0.3 is 15.5 Å². The highest BCUT2D eigenvalue weighted by molar-refractivity contribution is 4.70. The van der Waals surface area contributed by atoms with Gasteiger partial charge in [0.05, 0.1) is 0 Å². The lowest BCUT2D eigenvalue weighted by Gasteiger charge is -2.30. The average Bonchev–Trinajstić information content (AvgIpc) is 2.23. The summed E-state index contributed by atoms with van der Waals surface area (Å²) in [5.74, 6) is 2.11. The van der Waals surface area contributed by atoms with Crippen molar-refractivity contribution in [2.24, 2.45) is 23.5 Å². The number of likely N-dealkylation sites (N-methyl/N-ethyl adjacent to an activating group) is 1. The van der Waals surface area contributed by atoms with Crippen molar-refractivity contribution in [1.82, 2.24) is 9.80 Å². The number of nitrogens with two attached hydrogens (primary N) is 1. The maximum absolute atomic E-state index is 5.92. The molecule has 110 valence electrons. The summed E-state index contributed by atoms with van der Waals surface area (Å²) in [4.78, 5) is 4.85. The average molecular weight is 257 g/mol.